The number of benzene rings is 1. The number of carbonyl (C=O) groups is 1. The fourth-order valence-corrected chi connectivity index (χ4v) is 1.69. The Morgan fingerprint density at radius 3 is 2.44 bits per heavy atom. The van der Waals surface area contributed by atoms with Gasteiger partial charge in [0.2, 0.25) is 5.91 Å². The molecule has 1 aromatic carbocycles. The van der Waals surface area contributed by atoms with Crippen LogP contribution in [0.4, 0.5) is 0 Å². The molecule has 0 bridgehead atoms. The van der Waals surface area contributed by atoms with Crippen LogP contribution in [0.1, 0.15) is 37.7 Å². The third kappa shape index (κ3) is 6.25. The Morgan fingerprint density at radius 2 is 1.78 bits per heavy atom. The largest absolute Gasteiger partial charge is 0.508 e. The van der Waals surface area contributed by atoms with E-state index < -0.39 is 0 Å². The topological polar surface area (TPSA) is 75.4 Å². The fourth-order valence-electron chi connectivity index (χ4n) is 1.69. The molecule has 0 unspecified atom stereocenters. The number of aromatic hydroxyl groups is 1. The Balaban J connectivity index is 2.11. The molecule has 0 fully saturated rings. The van der Waals surface area contributed by atoms with Gasteiger partial charge in [0.1, 0.15) is 5.75 Å². The van der Waals surface area contributed by atoms with Gasteiger partial charge in [0.05, 0.1) is 0 Å². The molecular weight excluding hydrogens is 228 g/mol. The molecule has 18 heavy (non-hydrogen) atoms. The minimum atomic E-state index is 0.0795. The normalized spacial score (nSPS) is 10.3. The molecule has 4 nitrogen and oxygen atoms in total. The Morgan fingerprint density at radius 1 is 1.11 bits per heavy atom. The van der Waals surface area contributed by atoms with Crippen LogP contribution in [0.2, 0.25) is 0 Å². The number of hydrogen-bond acceptors (Lipinski definition) is 3. The highest BCUT2D eigenvalue weighted by molar-refractivity contribution is 5.75. The smallest absolute Gasteiger partial charge is 0.220 e. The zero-order valence-electron chi connectivity index (χ0n) is 10.7. The average Bonchev–Trinajstić information content (AvgIpc) is 2.38. The highest BCUT2D eigenvalue weighted by Gasteiger charge is 2.01. The number of unbranched alkanes of at least 4 members (excludes halogenated alkanes) is 3. The first-order valence-electron chi connectivity index (χ1n) is 6.47. The molecule has 0 aliphatic carbocycles. The van der Waals surface area contributed by atoms with Crippen molar-refractivity contribution in [3.8, 4) is 5.75 Å². The average molecular weight is 250 g/mol. The van der Waals surface area contributed by atoms with Gasteiger partial charge >= 0.3 is 0 Å². The Labute approximate surface area is 108 Å². The van der Waals surface area contributed by atoms with E-state index in [1.54, 1.807) is 24.3 Å². The van der Waals surface area contributed by atoms with E-state index >= 15 is 0 Å². The first kappa shape index (κ1) is 14.5. The standard InChI is InChI=1S/C14H22N2O2/c15-10-4-2-1-3-5-14(18)16-11-12-6-8-13(17)9-7-12/h6-9,17H,1-5,10-11,15H2,(H,16,18). The molecular formula is C14H22N2O2. The molecule has 0 atom stereocenters. The third-order valence-electron chi connectivity index (χ3n) is 2.78. The predicted octanol–water partition coefficient (Wildman–Crippen LogP) is 1.92. The van der Waals surface area contributed by atoms with Crippen molar-refractivity contribution in [3.05, 3.63) is 29.8 Å². The molecule has 1 amide bonds. The van der Waals surface area contributed by atoms with Crippen LogP contribution in [-0.2, 0) is 11.3 Å². The summed E-state index contributed by atoms with van der Waals surface area (Å²) in [5, 5.41) is 12.0. The summed E-state index contributed by atoms with van der Waals surface area (Å²) in [5.74, 6) is 0.320. The number of phenols is 1. The minimum Gasteiger partial charge on any atom is -0.508 e. The number of nitrogens with one attached hydrogen (secondary N) is 1. The first-order chi connectivity index (χ1) is 8.72. The van der Waals surface area contributed by atoms with Gasteiger partial charge in [-0.25, -0.2) is 0 Å². The van der Waals surface area contributed by atoms with E-state index in [1.165, 1.54) is 0 Å². The van der Waals surface area contributed by atoms with Gasteiger partial charge in [-0.05, 0) is 37.1 Å². The van der Waals surface area contributed by atoms with Crippen molar-refractivity contribution in [2.45, 2.75) is 38.6 Å². The summed E-state index contributed by atoms with van der Waals surface area (Å²) in [7, 11) is 0. The lowest BCUT2D eigenvalue weighted by Crippen LogP contribution is -2.22. The molecule has 100 valence electrons. The van der Waals surface area contributed by atoms with Gasteiger partial charge in [-0.2, -0.15) is 0 Å². The van der Waals surface area contributed by atoms with E-state index in [9.17, 15) is 4.79 Å². The van der Waals surface area contributed by atoms with Crippen LogP contribution in [0.3, 0.4) is 0 Å². The maximum Gasteiger partial charge on any atom is 0.220 e. The van der Waals surface area contributed by atoms with E-state index in [0.29, 0.717) is 13.0 Å². The number of rotatable bonds is 8. The van der Waals surface area contributed by atoms with Gasteiger partial charge in [-0.15, -0.1) is 0 Å². The molecule has 1 aromatic rings. The highest BCUT2D eigenvalue weighted by Crippen LogP contribution is 2.09. The summed E-state index contributed by atoms with van der Waals surface area (Å²) in [6, 6.07) is 6.84. The summed E-state index contributed by atoms with van der Waals surface area (Å²) in [6.07, 6.45) is 4.69. The molecule has 0 aromatic heterocycles. The number of hydrogen-bond donors (Lipinski definition) is 3. The van der Waals surface area contributed by atoms with Crippen LogP contribution in [-0.4, -0.2) is 17.6 Å². The monoisotopic (exact) mass is 250 g/mol. The van der Waals surface area contributed by atoms with Crippen molar-refractivity contribution in [1.82, 2.24) is 5.32 Å². The first-order valence-corrected chi connectivity index (χ1v) is 6.47. The van der Waals surface area contributed by atoms with Crippen molar-refractivity contribution < 1.29 is 9.90 Å². The summed E-state index contributed by atoms with van der Waals surface area (Å²) in [4.78, 5) is 11.5. The van der Waals surface area contributed by atoms with Crippen LogP contribution in [0, 0.1) is 0 Å². The molecule has 0 radical (unpaired) electrons. The van der Waals surface area contributed by atoms with Gasteiger partial charge < -0.3 is 16.2 Å². The molecule has 0 saturated carbocycles. The lowest BCUT2D eigenvalue weighted by Gasteiger charge is -2.05. The maximum absolute atomic E-state index is 11.5. The maximum atomic E-state index is 11.5. The van der Waals surface area contributed by atoms with E-state index in [-0.39, 0.29) is 11.7 Å². The molecule has 4 N–H and O–H groups in total. The number of amides is 1. The molecule has 0 spiro atoms. The van der Waals surface area contributed by atoms with Crippen LogP contribution < -0.4 is 11.1 Å². The van der Waals surface area contributed by atoms with E-state index in [2.05, 4.69) is 5.32 Å². The van der Waals surface area contributed by atoms with E-state index in [0.717, 1.165) is 37.8 Å². The zero-order chi connectivity index (χ0) is 13.2. The summed E-state index contributed by atoms with van der Waals surface area (Å²) in [5.41, 5.74) is 6.39. The minimum absolute atomic E-state index is 0.0795. The molecule has 0 aliphatic rings. The fraction of sp³-hybridized carbons (Fsp3) is 0.500. The SMILES string of the molecule is NCCCCCCC(=O)NCc1ccc(O)cc1. The van der Waals surface area contributed by atoms with Crippen molar-refractivity contribution >= 4 is 5.91 Å². The lowest BCUT2D eigenvalue weighted by molar-refractivity contribution is -0.121. The van der Waals surface area contributed by atoms with Crippen LogP contribution in [0.5, 0.6) is 5.75 Å². The number of nitrogens with two attached hydrogens (primary N) is 1. The molecule has 0 saturated heterocycles. The Hall–Kier alpha value is -1.55. The van der Waals surface area contributed by atoms with Gasteiger partial charge in [0.25, 0.3) is 0 Å². The van der Waals surface area contributed by atoms with Gasteiger partial charge in [0.15, 0.2) is 0 Å². The van der Waals surface area contributed by atoms with Gasteiger partial charge in [-0.3, -0.25) is 4.79 Å². The van der Waals surface area contributed by atoms with Crippen LogP contribution in [0.25, 0.3) is 0 Å². The summed E-state index contributed by atoms with van der Waals surface area (Å²) in [6.45, 7) is 1.25. The van der Waals surface area contributed by atoms with Crippen molar-refractivity contribution in [1.29, 1.82) is 0 Å². The quantitative estimate of drug-likeness (QED) is 0.617. The summed E-state index contributed by atoms with van der Waals surface area (Å²) < 4.78 is 0. The second-order valence-electron chi connectivity index (χ2n) is 4.40. The zero-order valence-corrected chi connectivity index (χ0v) is 10.7. The van der Waals surface area contributed by atoms with E-state index in [1.807, 2.05) is 0 Å². The van der Waals surface area contributed by atoms with Gasteiger partial charge in [-0.1, -0.05) is 25.0 Å². The molecule has 1 rings (SSSR count). The molecule has 0 aliphatic heterocycles. The van der Waals surface area contributed by atoms with Crippen LogP contribution >= 0.6 is 0 Å². The van der Waals surface area contributed by atoms with Crippen molar-refractivity contribution in [2.24, 2.45) is 5.73 Å². The number of phenolic OH excluding ortho intramolecular Hbond substituents is 1. The second-order valence-corrected chi connectivity index (χ2v) is 4.40. The van der Waals surface area contributed by atoms with E-state index in [4.69, 9.17) is 10.8 Å². The van der Waals surface area contributed by atoms with Gasteiger partial charge in [0, 0.05) is 13.0 Å². The predicted molar refractivity (Wildman–Crippen MR) is 72.1 cm³/mol. The Bertz CT molecular complexity index is 349. The summed E-state index contributed by atoms with van der Waals surface area (Å²) >= 11 is 0. The highest BCUT2D eigenvalue weighted by atomic mass is 16.3. The van der Waals surface area contributed by atoms with Crippen molar-refractivity contribution in [2.75, 3.05) is 6.54 Å². The second kappa shape index (κ2) is 8.53. The Kier molecular flexibility index (Phi) is 6.87. The van der Waals surface area contributed by atoms with Crippen LogP contribution in [0.15, 0.2) is 24.3 Å². The number of carbonyl (C=O) groups excluding carboxylic acids is 1. The molecule has 0 heterocycles. The molecule has 4 heteroatoms. The lowest BCUT2D eigenvalue weighted by atomic mass is 10.1. The third-order valence-corrected chi connectivity index (χ3v) is 2.78. The van der Waals surface area contributed by atoms with Crippen molar-refractivity contribution in [3.63, 3.8) is 0 Å².